The lowest BCUT2D eigenvalue weighted by Crippen LogP contribution is -2.66. The Morgan fingerprint density at radius 1 is 1.11 bits per heavy atom. The fourth-order valence-corrected chi connectivity index (χ4v) is 7.19. The van der Waals surface area contributed by atoms with Crippen LogP contribution < -0.4 is 15.4 Å². The molecular formula is C34H31ClFN7O4. The van der Waals surface area contributed by atoms with Crippen molar-refractivity contribution < 1.29 is 23.2 Å². The molecule has 1 aromatic carbocycles. The number of aromatic hydroxyl groups is 1. The SMILES string of the molecule is [2H]C([2H])([2H])N1C(=O)[C@H]2CN(C(=O)C=C)[C@H](C)CN2c2c1c(=O)n(-c1c(C3CC3)ncnc1C1CC1)c1nc(-c3c(O)cccc3F)c(Cl)cc21. The van der Waals surface area contributed by atoms with Gasteiger partial charge in [0.05, 0.1) is 45.6 Å². The Hall–Kier alpha value is -4.84. The summed E-state index contributed by atoms with van der Waals surface area (Å²) >= 11 is 6.86. The first-order valence-corrected chi connectivity index (χ1v) is 15.9. The molecule has 47 heavy (non-hydrogen) atoms. The van der Waals surface area contributed by atoms with Crippen LogP contribution in [0.3, 0.4) is 0 Å². The van der Waals surface area contributed by atoms with Gasteiger partial charge in [0.1, 0.15) is 29.6 Å². The summed E-state index contributed by atoms with van der Waals surface area (Å²) in [6.45, 7) is 2.11. The van der Waals surface area contributed by atoms with Crippen LogP contribution in [0.15, 0.2) is 48.0 Å². The molecule has 0 spiro atoms. The van der Waals surface area contributed by atoms with E-state index in [-0.39, 0.29) is 57.9 Å². The second kappa shape index (κ2) is 10.6. The fourth-order valence-electron chi connectivity index (χ4n) is 6.94. The molecule has 3 aromatic heterocycles. The zero-order chi connectivity index (χ0) is 35.4. The van der Waals surface area contributed by atoms with Gasteiger partial charge in [0.25, 0.3) is 11.5 Å². The van der Waals surface area contributed by atoms with Gasteiger partial charge in [-0.2, -0.15) is 0 Å². The molecule has 13 heteroatoms. The van der Waals surface area contributed by atoms with Crippen molar-refractivity contribution in [2.45, 2.75) is 56.5 Å². The van der Waals surface area contributed by atoms with E-state index in [1.807, 2.05) is 0 Å². The maximum Gasteiger partial charge on any atom is 0.283 e. The molecule has 240 valence electrons. The van der Waals surface area contributed by atoms with E-state index >= 15 is 9.18 Å². The largest absolute Gasteiger partial charge is 0.507 e. The van der Waals surface area contributed by atoms with Crippen molar-refractivity contribution in [2.24, 2.45) is 0 Å². The molecule has 2 aliphatic carbocycles. The van der Waals surface area contributed by atoms with Gasteiger partial charge in [0.15, 0.2) is 5.65 Å². The van der Waals surface area contributed by atoms with Crippen LogP contribution in [0.5, 0.6) is 5.75 Å². The molecule has 0 unspecified atom stereocenters. The van der Waals surface area contributed by atoms with Crippen molar-refractivity contribution in [3.63, 3.8) is 0 Å². The first-order valence-electron chi connectivity index (χ1n) is 17.0. The van der Waals surface area contributed by atoms with Crippen molar-refractivity contribution in [1.29, 1.82) is 0 Å². The number of fused-ring (bicyclic) bond motifs is 5. The molecule has 2 aliphatic heterocycles. The number of rotatable bonds is 5. The zero-order valence-corrected chi connectivity index (χ0v) is 26.0. The zero-order valence-electron chi connectivity index (χ0n) is 28.3. The highest BCUT2D eigenvalue weighted by molar-refractivity contribution is 6.34. The van der Waals surface area contributed by atoms with E-state index in [2.05, 4.69) is 16.5 Å². The molecular weight excluding hydrogens is 625 g/mol. The van der Waals surface area contributed by atoms with Gasteiger partial charge in [0.2, 0.25) is 5.91 Å². The summed E-state index contributed by atoms with van der Waals surface area (Å²) in [6, 6.07) is 3.57. The summed E-state index contributed by atoms with van der Waals surface area (Å²) in [5.41, 5.74) is -0.0825. The molecule has 2 atom stereocenters. The third kappa shape index (κ3) is 4.45. The maximum absolute atomic E-state index is 15.4. The molecule has 4 aliphatic rings. The Morgan fingerprint density at radius 3 is 2.43 bits per heavy atom. The topological polar surface area (TPSA) is 125 Å². The predicted molar refractivity (Wildman–Crippen MR) is 175 cm³/mol. The smallest absolute Gasteiger partial charge is 0.283 e. The second-order valence-electron chi connectivity index (χ2n) is 12.6. The van der Waals surface area contributed by atoms with Gasteiger partial charge in [-0.15, -0.1) is 0 Å². The van der Waals surface area contributed by atoms with Crippen molar-refractivity contribution >= 4 is 45.8 Å². The van der Waals surface area contributed by atoms with Crippen molar-refractivity contribution in [3.05, 3.63) is 75.8 Å². The number of carbonyl (C=O) groups is 2. The van der Waals surface area contributed by atoms with E-state index in [9.17, 15) is 14.7 Å². The van der Waals surface area contributed by atoms with E-state index in [0.29, 0.717) is 22.0 Å². The maximum atomic E-state index is 15.4. The van der Waals surface area contributed by atoms with Crippen molar-refractivity contribution in [2.75, 3.05) is 29.9 Å². The quantitative estimate of drug-likeness (QED) is 0.307. The molecule has 0 bridgehead atoms. The van der Waals surface area contributed by atoms with Crippen LogP contribution in [0.4, 0.5) is 15.8 Å². The number of piperazine rings is 1. The number of nitrogens with zero attached hydrogens (tertiary/aromatic N) is 7. The molecule has 2 amide bonds. The summed E-state index contributed by atoms with van der Waals surface area (Å²) in [4.78, 5) is 59.9. The third-order valence-corrected chi connectivity index (χ3v) is 9.81. The summed E-state index contributed by atoms with van der Waals surface area (Å²) in [6.07, 6.45) is 5.83. The monoisotopic (exact) mass is 658 g/mol. The number of hydrogen-bond acceptors (Lipinski definition) is 8. The lowest BCUT2D eigenvalue weighted by atomic mass is 9.98. The number of anilines is 2. The van der Waals surface area contributed by atoms with Crippen LogP contribution in [-0.4, -0.2) is 73.5 Å². The van der Waals surface area contributed by atoms with E-state index < -0.39 is 53.7 Å². The van der Waals surface area contributed by atoms with E-state index in [1.165, 1.54) is 34.0 Å². The number of likely N-dealkylation sites (N-methyl/N-ethyl adjacent to an activating group) is 1. The van der Waals surface area contributed by atoms with Crippen molar-refractivity contribution in [1.82, 2.24) is 24.4 Å². The lowest BCUT2D eigenvalue weighted by Gasteiger charge is -2.49. The van der Waals surface area contributed by atoms with Gasteiger partial charge in [0, 0.05) is 40.9 Å². The molecule has 11 nitrogen and oxygen atoms in total. The van der Waals surface area contributed by atoms with Gasteiger partial charge < -0.3 is 19.8 Å². The number of phenols is 1. The standard InChI is InChI=1S/C34H31ClFN7O4/c1-4-24(45)41-14-22-33(46)40(3)31-29(42(22)13-16(41)2)19-12-20(35)28(25-21(36)6-5-7-23(25)44)39-32(19)43(34(31)47)30-26(17-8-9-17)37-15-38-27(30)18-10-11-18/h4-7,12,15-18,22,44H,1,8-11,13-14H2,2-3H3/t16-,22-/m1/s1/i3D3. The summed E-state index contributed by atoms with van der Waals surface area (Å²) < 4.78 is 42.1. The molecule has 0 radical (unpaired) electrons. The first kappa shape index (κ1) is 26.3. The van der Waals surface area contributed by atoms with Crippen LogP contribution in [-0.2, 0) is 9.59 Å². The molecule has 2 saturated carbocycles. The minimum atomic E-state index is -3.11. The Bertz CT molecular complexity index is 2170. The van der Waals surface area contributed by atoms with E-state index in [0.717, 1.165) is 37.8 Å². The Morgan fingerprint density at radius 2 is 1.81 bits per heavy atom. The van der Waals surface area contributed by atoms with Crippen LogP contribution in [0, 0.1) is 5.82 Å². The highest BCUT2D eigenvalue weighted by atomic mass is 35.5. The Labute approximate surface area is 278 Å². The predicted octanol–water partition coefficient (Wildman–Crippen LogP) is 4.66. The van der Waals surface area contributed by atoms with Crippen LogP contribution in [0.2, 0.25) is 5.02 Å². The number of hydrogen-bond donors (Lipinski definition) is 1. The van der Waals surface area contributed by atoms with Gasteiger partial charge >= 0.3 is 0 Å². The minimum Gasteiger partial charge on any atom is -0.507 e. The van der Waals surface area contributed by atoms with Crippen LogP contribution in [0.25, 0.3) is 28.0 Å². The summed E-state index contributed by atoms with van der Waals surface area (Å²) in [5, 5.41) is 10.9. The summed E-state index contributed by atoms with van der Waals surface area (Å²) in [5.74, 6) is -2.53. The number of aromatic nitrogens is 4. The molecule has 3 fully saturated rings. The van der Waals surface area contributed by atoms with Crippen LogP contribution >= 0.6 is 11.6 Å². The average Bonchev–Trinajstić information content (AvgIpc) is 3.99. The Balaban J connectivity index is 1.52. The molecule has 5 heterocycles. The summed E-state index contributed by atoms with van der Waals surface area (Å²) in [7, 11) is 0. The molecule has 8 rings (SSSR count). The number of amides is 2. The normalized spacial score (nSPS) is 22.0. The van der Waals surface area contributed by atoms with Gasteiger partial charge in [-0.25, -0.2) is 19.3 Å². The van der Waals surface area contributed by atoms with E-state index in [4.69, 9.17) is 20.7 Å². The number of carbonyl (C=O) groups excluding carboxylic acids is 2. The molecule has 1 N–H and O–H groups in total. The second-order valence-corrected chi connectivity index (χ2v) is 13.0. The first-order chi connectivity index (χ1) is 23.8. The van der Waals surface area contributed by atoms with Gasteiger partial charge in [-0.3, -0.25) is 19.0 Å². The number of benzene rings is 1. The third-order valence-electron chi connectivity index (χ3n) is 9.52. The van der Waals surface area contributed by atoms with Crippen LogP contribution in [0.1, 0.15) is 59.9 Å². The number of halogens is 2. The number of phenolic OH excluding ortho intramolecular Hbond substituents is 1. The lowest BCUT2D eigenvalue weighted by molar-refractivity contribution is -0.130. The van der Waals surface area contributed by atoms with Crippen molar-refractivity contribution in [3.8, 4) is 22.7 Å². The molecule has 1 saturated heterocycles. The van der Waals surface area contributed by atoms with Gasteiger partial charge in [-0.05, 0) is 56.9 Å². The molecule has 4 aromatic rings. The van der Waals surface area contributed by atoms with Gasteiger partial charge in [-0.1, -0.05) is 24.2 Å². The average molecular weight is 659 g/mol. The van der Waals surface area contributed by atoms with E-state index in [1.54, 1.807) is 11.8 Å². The fraction of sp³-hybridized carbons (Fsp3) is 0.353. The highest BCUT2D eigenvalue weighted by Gasteiger charge is 2.46. The number of pyridine rings is 2. The Kier molecular flexibility index (Phi) is 5.92. The highest BCUT2D eigenvalue weighted by Crippen LogP contribution is 2.49. The minimum absolute atomic E-state index is 0.00641.